The molecule has 0 bridgehead atoms. The lowest BCUT2D eigenvalue weighted by Gasteiger charge is -2.26. The summed E-state index contributed by atoms with van der Waals surface area (Å²) in [6.45, 7) is 5.22. The van der Waals surface area contributed by atoms with Crippen molar-refractivity contribution in [2.45, 2.75) is 30.5 Å². The molecule has 0 spiro atoms. The molecule has 1 aliphatic heterocycles. The van der Waals surface area contributed by atoms with Gasteiger partial charge in [-0.05, 0) is 25.5 Å². The van der Waals surface area contributed by atoms with E-state index in [1.54, 1.807) is 24.8 Å². The van der Waals surface area contributed by atoms with Gasteiger partial charge in [-0.2, -0.15) is 4.31 Å². The van der Waals surface area contributed by atoms with Crippen molar-refractivity contribution >= 4 is 38.9 Å². The van der Waals surface area contributed by atoms with Gasteiger partial charge in [0, 0.05) is 32.2 Å². The van der Waals surface area contributed by atoms with Gasteiger partial charge in [0.05, 0.1) is 10.3 Å². The normalized spacial score (nSPS) is 20.1. The summed E-state index contributed by atoms with van der Waals surface area (Å²) in [7, 11) is -3.55. The van der Waals surface area contributed by atoms with Crippen LogP contribution < -0.4 is 5.73 Å². The van der Waals surface area contributed by atoms with Crippen LogP contribution in [0.4, 0.5) is 0 Å². The first kappa shape index (κ1) is 18.7. The van der Waals surface area contributed by atoms with Crippen molar-refractivity contribution in [3.63, 3.8) is 0 Å². The molecule has 2 N–H and O–H groups in total. The fraction of sp³-hybridized carbons (Fsp3) is 0.643. The molecule has 0 radical (unpaired) electrons. The molecule has 2 unspecified atom stereocenters. The molecule has 0 saturated carbocycles. The smallest absolute Gasteiger partial charge is 0.252 e. The van der Waals surface area contributed by atoms with E-state index in [0.29, 0.717) is 30.4 Å². The van der Waals surface area contributed by atoms with Crippen LogP contribution in [0.2, 0.25) is 4.34 Å². The second-order valence-corrected chi connectivity index (χ2v) is 9.67. The lowest BCUT2D eigenvalue weighted by Crippen LogP contribution is -2.43. The van der Waals surface area contributed by atoms with E-state index in [9.17, 15) is 13.2 Å². The number of sulfonamides is 1. The molecule has 2 atom stereocenters. The van der Waals surface area contributed by atoms with E-state index in [-0.39, 0.29) is 28.6 Å². The third-order valence-corrected chi connectivity index (χ3v) is 7.68. The van der Waals surface area contributed by atoms with Crippen LogP contribution in [0.1, 0.15) is 20.3 Å². The maximum atomic E-state index is 12.6. The molecular weight excluding hydrogens is 358 g/mol. The van der Waals surface area contributed by atoms with E-state index >= 15 is 0 Å². The van der Waals surface area contributed by atoms with E-state index in [4.69, 9.17) is 17.3 Å². The highest BCUT2D eigenvalue weighted by atomic mass is 35.5. The second kappa shape index (κ2) is 7.48. The summed E-state index contributed by atoms with van der Waals surface area (Å²) in [5.74, 6) is -0.285. The number of halogens is 1. The highest BCUT2D eigenvalue weighted by Crippen LogP contribution is 2.28. The van der Waals surface area contributed by atoms with Crippen LogP contribution in [0, 0.1) is 5.92 Å². The Kier molecular flexibility index (Phi) is 6.07. The number of rotatable bonds is 4. The maximum Gasteiger partial charge on any atom is 0.252 e. The Labute approximate surface area is 146 Å². The minimum atomic E-state index is -3.55. The van der Waals surface area contributed by atoms with Crippen LogP contribution >= 0.6 is 22.9 Å². The summed E-state index contributed by atoms with van der Waals surface area (Å²) in [6.07, 6.45) is 0.607. The Morgan fingerprint density at radius 2 is 1.96 bits per heavy atom. The number of hydrogen-bond acceptors (Lipinski definition) is 5. The highest BCUT2D eigenvalue weighted by Gasteiger charge is 2.31. The van der Waals surface area contributed by atoms with Gasteiger partial charge in [-0.3, -0.25) is 4.79 Å². The van der Waals surface area contributed by atoms with Gasteiger partial charge in [0.2, 0.25) is 5.91 Å². The van der Waals surface area contributed by atoms with E-state index in [1.165, 1.54) is 10.4 Å². The first-order valence-corrected chi connectivity index (χ1v) is 10.2. The molecule has 0 aromatic carbocycles. The van der Waals surface area contributed by atoms with Gasteiger partial charge in [0.25, 0.3) is 10.0 Å². The van der Waals surface area contributed by atoms with Gasteiger partial charge in [0.1, 0.15) is 4.21 Å². The number of hydrogen-bond donors (Lipinski definition) is 1. The Balaban J connectivity index is 2.08. The van der Waals surface area contributed by atoms with Crippen LogP contribution in [-0.2, 0) is 14.8 Å². The van der Waals surface area contributed by atoms with Gasteiger partial charge >= 0.3 is 0 Å². The lowest BCUT2D eigenvalue weighted by molar-refractivity contribution is -0.135. The molecule has 1 fully saturated rings. The Bertz CT molecular complexity index is 660. The summed E-state index contributed by atoms with van der Waals surface area (Å²) in [5, 5.41) is 0. The van der Waals surface area contributed by atoms with Crippen molar-refractivity contribution in [1.82, 2.24) is 9.21 Å². The Hall–Kier alpha value is -0.670. The van der Waals surface area contributed by atoms with Crippen molar-refractivity contribution in [3.05, 3.63) is 16.5 Å². The van der Waals surface area contributed by atoms with E-state index in [1.807, 2.05) is 0 Å². The van der Waals surface area contributed by atoms with Crippen molar-refractivity contribution in [2.24, 2.45) is 11.7 Å². The third-order valence-electron chi connectivity index (χ3n) is 4.09. The monoisotopic (exact) mass is 379 g/mol. The van der Waals surface area contributed by atoms with E-state index < -0.39 is 10.0 Å². The van der Waals surface area contributed by atoms with Crippen LogP contribution in [0.25, 0.3) is 0 Å². The fourth-order valence-electron chi connectivity index (χ4n) is 2.43. The SMILES string of the molecule is CC(N)C(C)C(=O)N1CCCN(S(=O)(=O)c2ccc(Cl)s2)CC1. The zero-order valence-corrected chi connectivity index (χ0v) is 15.6. The Morgan fingerprint density at radius 3 is 2.52 bits per heavy atom. The summed E-state index contributed by atoms with van der Waals surface area (Å²) in [4.78, 5) is 14.1. The van der Waals surface area contributed by atoms with Gasteiger partial charge in [0.15, 0.2) is 0 Å². The topological polar surface area (TPSA) is 83.7 Å². The first-order chi connectivity index (χ1) is 10.7. The average molecular weight is 380 g/mol. The summed E-state index contributed by atoms with van der Waals surface area (Å²) in [5.41, 5.74) is 5.79. The summed E-state index contributed by atoms with van der Waals surface area (Å²) in [6, 6.07) is 2.88. The Morgan fingerprint density at radius 1 is 1.26 bits per heavy atom. The van der Waals surface area contributed by atoms with Crippen molar-refractivity contribution in [3.8, 4) is 0 Å². The minimum Gasteiger partial charge on any atom is -0.341 e. The van der Waals surface area contributed by atoms with Gasteiger partial charge in [-0.15, -0.1) is 11.3 Å². The van der Waals surface area contributed by atoms with Crippen molar-refractivity contribution < 1.29 is 13.2 Å². The zero-order chi connectivity index (χ0) is 17.2. The lowest BCUT2D eigenvalue weighted by atomic mass is 10.0. The van der Waals surface area contributed by atoms with E-state index in [0.717, 1.165) is 11.3 Å². The fourth-order valence-corrected chi connectivity index (χ4v) is 5.54. The van der Waals surface area contributed by atoms with Crippen LogP contribution in [0.15, 0.2) is 16.3 Å². The number of thiophene rings is 1. The molecule has 6 nitrogen and oxygen atoms in total. The molecular formula is C14H22ClN3O3S2. The highest BCUT2D eigenvalue weighted by molar-refractivity contribution is 7.91. The largest absolute Gasteiger partial charge is 0.341 e. The molecule has 0 aliphatic carbocycles. The van der Waals surface area contributed by atoms with Crippen LogP contribution in [0.5, 0.6) is 0 Å². The predicted molar refractivity (Wildman–Crippen MR) is 92.1 cm³/mol. The van der Waals surface area contributed by atoms with Crippen LogP contribution in [0.3, 0.4) is 0 Å². The van der Waals surface area contributed by atoms with Crippen molar-refractivity contribution in [2.75, 3.05) is 26.2 Å². The number of amides is 1. The third kappa shape index (κ3) is 4.24. The molecule has 2 heterocycles. The standard InChI is InChI=1S/C14H22ClN3O3S2/c1-10(11(2)16)14(19)17-6-3-7-18(9-8-17)23(20,21)13-5-4-12(15)22-13/h4-5,10-11H,3,6-9,16H2,1-2H3. The number of carbonyl (C=O) groups excluding carboxylic acids is 1. The minimum absolute atomic E-state index is 0.0154. The number of nitrogens with two attached hydrogens (primary N) is 1. The quantitative estimate of drug-likeness (QED) is 0.861. The molecule has 9 heteroatoms. The summed E-state index contributed by atoms with van der Waals surface area (Å²) >= 11 is 6.89. The molecule has 1 aromatic rings. The van der Waals surface area contributed by atoms with E-state index in [2.05, 4.69) is 0 Å². The second-order valence-electron chi connectivity index (χ2n) is 5.79. The van der Waals surface area contributed by atoms with Gasteiger partial charge < -0.3 is 10.6 Å². The molecule has 1 amide bonds. The summed E-state index contributed by atoms with van der Waals surface area (Å²) < 4.78 is 27.4. The molecule has 2 rings (SSSR count). The molecule has 23 heavy (non-hydrogen) atoms. The molecule has 1 aromatic heterocycles. The number of carbonyl (C=O) groups is 1. The molecule has 1 saturated heterocycles. The first-order valence-electron chi connectivity index (χ1n) is 7.53. The van der Waals surface area contributed by atoms with Gasteiger partial charge in [-0.1, -0.05) is 18.5 Å². The van der Waals surface area contributed by atoms with Gasteiger partial charge in [-0.25, -0.2) is 8.42 Å². The molecule has 130 valence electrons. The molecule has 1 aliphatic rings. The number of nitrogens with zero attached hydrogens (tertiary/aromatic N) is 2. The zero-order valence-electron chi connectivity index (χ0n) is 13.2. The maximum absolute atomic E-state index is 12.6. The van der Waals surface area contributed by atoms with Crippen molar-refractivity contribution in [1.29, 1.82) is 0 Å². The van der Waals surface area contributed by atoms with Crippen LogP contribution in [-0.4, -0.2) is 55.8 Å². The predicted octanol–water partition coefficient (Wildman–Crippen LogP) is 1.61. The average Bonchev–Trinajstić information content (AvgIpc) is 2.79.